The lowest BCUT2D eigenvalue weighted by molar-refractivity contribution is -0.0525. The Balaban J connectivity index is 0.000000271. The Morgan fingerprint density at radius 3 is 1.28 bits per heavy atom. The van der Waals surface area contributed by atoms with Gasteiger partial charge in [0.1, 0.15) is 0 Å². The molecule has 88 heavy (non-hydrogen) atoms. The Bertz CT molecular complexity index is 2110. The van der Waals surface area contributed by atoms with Crippen molar-refractivity contribution in [2.45, 2.75) is 293 Å². The molecule has 6 nitrogen and oxygen atoms in total. The van der Waals surface area contributed by atoms with Gasteiger partial charge in [-0.05, 0) is 276 Å². The van der Waals surface area contributed by atoms with E-state index in [1.165, 1.54) is 169 Å². The number of hydrogen-bond acceptors (Lipinski definition) is 6. The summed E-state index contributed by atoms with van der Waals surface area (Å²) in [6.07, 6.45) is 18.4. The van der Waals surface area contributed by atoms with Crippen LogP contribution in [0.3, 0.4) is 0 Å². The van der Waals surface area contributed by atoms with Crippen molar-refractivity contribution in [3.05, 3.63) is 69.8 Å². The van der Waals surface area contributed by atoms with E-state index in [4.69, 9.17) is 0 Å². The molecule has 4 atom stereocenters. The summed E-state index contributed by atoms with van der Waals surface area (Å²) in [6, 6.07) is 14.6. The summed E-state index contributed by atoms with van der Waals surface area (Å²) >= 11 is 0. The zero-order chi connectivity index (χ0) is 66.8. The van der Waals surface area contributed by atoms with Gasteiger partial charge in [-0.1, -0.05) is 203 Å². The minimum Gasteiger partial charge on any atom is -0.312 e. The van der Waals surface area contributed by atoms with E-state index >= 15 is 0 Å². The van der Waals surface area contributed by atoms with E-state index in [0.717, 1.165) is 85.0 Å². The maximum atomic E-state index is 3.42. The van der Waals surface area contributed by atoms with Crippen LogP contribution in [0.2, 0.25) is 0 Å². The Labute approximate surface area is 551 Å². The van der Waals surface area contributed by atoms with Gasteiger partial charge in [0, 0.05) is 45.3 Å². The van der Waals surface area contributed by atoms with Crippen molar-refractivity contribution in [2.24, 2.45) is 74.4 Å². The van der Waals surface area contributed by atoms with Gasteiger partial charge in [0.25, 0.3) is 0 Å². The van der Waals surface area contributed by atoms with Gasteiger partial charge in [0.05, 0.1) is 0 Å². The molecule has 2 aromatic rings. The first kappa shape index (κ1) is 80.4. The molecule has 3 aliphatic carbocycles. The maximum Gasteiger partial charge on any atom is 0.0208 e. The predicted octanol–water partition coefficient (Wildman–Crippen LogP) is 20.3. The second-order valence-electron chi connectivity index (χ2n) is 35.9. The van der Waals surface area contributed by atoms with Gasteiger partial charge in [-0.3, -0.25) is 0 Å². The van der Waals surface area contributed by atoms with Crippen LogP contribution in [0, 0.1) is 74.4 Å². The summed E-state index contributed by atoms with van der Waals surface area (Å²) in [7, 11) is 6.81. The van der Waals surface area contributed by atoms with Crippen molar-refractivity contribution in [3.63, 3.8) is 0 Å². The van der Waals surface area contributed by atoms with Gasteiger partial charge >= 0.3 is 0 Å². The highest BCUT2D eigenvalue weighted by molar-refractivity contribution is 5.37. The molecule has 3 saturated carbocycles. The van der Waals surface area contributed by atoms with E-state index in [1.807, 2.05) is 41.5 Å². The van der Waals surface area contributed by atoms with Crippen molar-refractivity contribution >= 4 is 0 Å². The van der Waals surface area contributed by atoms with E-state index in [9.17, 15) is 0 Å². The number of nitrogens with one attached hydrogen (secondary N) is 2. The van der Waals surface area contributed by atoms with Crippen molar-refractivity contribution in [1.82, 2.24) is 30.2 Å². The maximum absolute atomic E-state index is 3.42. The number of piperidine rings is 3. The molecule has 4 saturated heterocycles. The predicted molar refractivity (Wildman–Crippen MR) is 393 cm³/mol. The van der Waals surface area contributed by atoms with Crippen LogP contribution in [0.25, 0.3) is 0 Å². The molecule has 2 aromatic carbocycles. The SMILES string of the molecule is CC.CC.CC.CC(C)(C)c1ccc2c(c1)CCNC2.CC(C)(C)c1ccc2c(c1)CNCC2.CC(C)N1CCC(CC(C)(C)C)CC1.CN1CC2CC(C(C)(C)C)CC2C1.CN1CC2CCC(C1)C2C(C)(C)C.CN1CCC2(CC1)CC(C(C)(C)C)C2. The molecule has 0 amide bonds. The molecule has 7 fully saturated rings. The van der Waals surface area contributed by atoms with Crippen LogP contribution in [-0.2, 0) is 36.8 Å². The normalized spacial score (nSPS) is 25.7. The molecule has 6 heteroatoms. The third-order valence-electron chi connectivity index (χ3n) is 22.0. The molecule has 1 spiro atoms. The number of likely N-dealkylation sites (tertiary alicyclic amines) is 4. The first-order valence-electron chi connectivity index (χ1n) is 37.3. The van der Waals surface area contributed by atoms with Crippen LogP contribution in [0.15, 0.2) is 36.4 Å². The average Bonchev–Trinajstić information content (AvgIpc) is 1.37. The first-order chi connectivity index (χ1) is 40.9. The number of hydrogen-bond donors (Lipinski definition) is 2. The number of nitrogens with zero attached hydrogens (tertiary/aromatic N) is 4. The van der Waals surface area contributed by atoms with Crippen molar-refractivity contribution in [3.8, 4) is 0 Å². The van der Waals surface area contributed by atoms with Crippen molar-refractivity contribution < 1.29 is 0 Å². The lowest BCUT2D eigenvalue weighted by atomic mass is 9.52. The number of fused-ring (bicyclic) bond motifs is 5. The third kappa shape index (κ3) is 25.8. The zero-order valence-electron chi connectivity index (χ0n) is 64.6. The molecule has 11 rings (SSSR count). The number of rotatable bonds is 2. The van der Waals surface area contributed by atoms with E-state index in [2.05, 4.69) is 226 Å². The second-order valence-corrected chi connectivity index (χ2v) is 35.9. The summed E-state index contributed by atoms with van der Waals surface area (Å²) in [6.45, 7) is 74.1. The smallest absolute Gasteiger partial charge is 0.0208 e. The van der Waals surface area contributed by atoms with Gasteiger partial charge in [0.15, 0.2) is 0 Å². The highest BCUT2D eigenvalue weighted by atomic mass is 15.2. The highest BCUT2D eigenvalue weighted by Gasteiger charge is 2.49. The summed E-state index contributed by atoms with van der Waals surface area (Å²) in [5.74, 6) is 7.96. The third-order valence-corrected chi connectivity index (χ3v) is 22.0. The van der Waals surface area contributed by atoms with E-state index in [0.29, 0.717) is 21.7 Å². The molecule has 2 bridgehead atoms. The minimum absolute atomic E-state index is 0.270. The van der Waals surface area contributed by atoms with Crippen LogP contribution >= 0.6 is 0 Å². The monoisotopic (exact) mass is 1220 g/mol. The molecular formula is C82H154N6. The quantitative estimate of drug-likeness (QED) is 0.312. The zero-order valence-corrected chi connectivity index (χ0v) is 64.6. The second kappa shape index (κ2) is 35.6. The largest absolute Gasteiger partial charge is 0.312 e. The minimum atomic E-state index is 0.270. The lowest BCUT2D eigenvalue weighted by Gasteiger charge is -2.56. The van der Waals surface area contributed by atoms with Crippen LogP contribution in [-0.4, -0.2) is 112 Å². The number of benzene rings is 2. The molecule has 6 heterocycles. The van der Waals surface area contributed by atoms with Crippen LogP contribution in [0.5, 0.6) is 0 Å². The standard InChI is InChI=1S/C13H25N.2C13H19N.C13H27N.2C12H23N.3C2H6/c1-12(2,3)11-9-13(10-11)5-7-14(4)8-6-13;1-13(2,3)12-5-4-11-9-14-7-6-10(11)8-12;1-13(2,3)12-5-4-10-6-7-14-9-11(10)8-12;1-11(2)14-8-6-12(7-9-14)10-13(3,4)5;1-12(2,3)11-5-9-7-13(4)8-10(9)6-11;1-12(2,3)11-9-5-6-10(11)8-13(4)7-9;3*1-2/h11H,5-10H2,1-4H3;2*4-5,8,14H,6-7,9H2,1-3H3;11-12H,6-10H2,1-5H3;2*9-11H,5-8H2,1-4H3;3*1-2H3. The summed E-state index contributed by atoms with van der Waals surface area (Å²) < 4.78 is 0. The molecule has 0 radical (unpaired) electrons. The Kier molecular flexibility index (Phi) is 32.6. The van der Waals surface area contributed by atoms with Gasteiger partial charge in [-0.25, -0.2) is 0 Å². The Morgan fingerprint density at radius 2 is 0.875 bits per heavy atom. The van der Waals surface area contributed by atoms with E-state index in [1.54, 1.807) is 0 Å². The fraction of sp³-hybridized carbons (Fsp3) is 0.854. The van der Waals surface area contributed by atoms with Crippen LogP contribution in [0.4, 0.5) is 0 Å². The lowest BCUT2D eigenvalue weighted by Crippen LogP contribution is -2.49. The average molecular weight is 1220 g/mol. The molecule has 0 aromatic heterocycles. The van der Waals surface area contributed by atoms with Gasteiger partial charge in [-0.15, -0.1) is 0 Å². The molecule has 6 aliphatic heterocycles. The fourth-order valence-corrected chi connectivity index (χ4v) is 16.6. The molecule has 4 unspecified atom stereocenters. The molecule has 2 N–H and O–H groups in total. The van der Waals surface area contributed by atoms with Crippen LogP contribution < -0.4 is 10.6 Å². The summed E-state index contributed by atoms with van der Waals surface area (Å²) in [5.41, 5.74) is 12.4. The van der Waals surface area contributed by atoms with E-state index < -0.39 is 0 Å². The summed E-state index contributed by atoms with van der Waals surface area (Å²) in [5, 5.41) is 6.82. The van der Waals surface area contributed by atoms with Crippen LogP contribution in [0.1, 0.15) is 284 Å². The Morgan fingerprint density at radius 1 is 0.466 bits per heavy atom. The fourth-order valence-electron chi connectivity index (χ4n) is 16.6. The molecular weight excluding hydrogens is 1070 g/mol. The Hall–Kier alpha value is -1.80. The topological polar surface area (TPSA) is 37.0 Å². The van der Waals surface area contributed by atoms with E-state index in [-0.39, 0.29) is 10.8 Å². The highest BCUT2D eigenvalue weighted by Crippen LogP contribution is 2.58. The molecule has 9 aliphatic rings. The van der Waals surface area contributed by atoms with Crippen molar-refractivity contribution in [2.75, 3.05) is 86.6 Å². The molecule has 512 valence electrons. The van der Waals surface area contributed by atoms with Gasteiger partial charge < -0.3 is 30.2 Å². The summed E-state index contributed by atoms with van der Waals surface area (Å²) in [4.78, 5) is 10.1. The van der Waals surface area contributed by atoms with Crippen molar-refractivity contribution in [1.29, 1.82) is 0 Å². The van der Waals surface area contributed by atoms with Gasteiger partial charge in [0.2, 0.25) is 0 Å². The van der Waals surface area contributed by atoms with Gasteiger partial charge in [-0.2, -0.15) is 0 Å². The first-order valence-corrected chi connectivity index (χ1v) is 37.3.